The molecule has 96 valence electrons. The number of nitrogens with two attached hydrogens (primary N) is 1. The van der Waals surface area contributed by atoms with Gasteiger partial charge < -0.3 is 15.8 Å². The number of nitrogens with zero attached hydrogens (tertiary/aromatic N) is 1. The maximum atomic E-state index is 11.8. The van der Waals surface area contributed by atoms with Crippen molar-refractivity contribution in [1.29, 1.82) is 0 Å². The number of aromatic amines is 1. The van der Waals surface area contributed by atoms with E-state index in [1.54, 1.807) is 0 Å². The molecular weight excluding hydrogens is 218 g/mol. The molecule has 0 aliphatic rings. The third-order valence-electron chi connectivity index (χ3n) is 2.74. The molecule has 0 bridgehead atoms. The maximum Gasteiger partial charge on any atom is 0.257 e. The average molecular weight is 239 g/mol. The molecule has 0 saturated heterocycles. The fourth-order valence-electron chi connectivity index (χ4n) is 1.54. The van der Waals surface area contributed by atoms with Crippen molar-refractivity contribution in [2.45, 2.75) is 46.6 Å². The molecule has 0 aromatic carbocycles. The highest BCUT2D eigenvalue weighted by atomic mass is 16.3. The van der Waals surface area contributed by atoms with Gasteiger partial charge in [0.05, 0.1) is 11.6 Å². The Balaban J connectivity index is 3.19. The molecule has 0 amide bonds. The molecule has 0 radical (unpaired) electrons. The van der Waals surface area contributed by atoms with Crippen molar-refractivity contribution >= 4 is 0 Å². The van der Waals surface area contributed by atoms with Crippen molar-refractivity contribution in [1.82, 2.24) is 9.97 Å². The van der Waals surface area contributed by atoms with Crippen LogP contribution in [-0.4, -0.2) is 15.1 Å². The van der Waals surface area contributed by atoms with Gasteiger partial charge in [-0.2, -0.15) is 4.98 Å². The van der Waals surface area contributed by atoms with E-state index in [-0.39, 0.29) is 16.9 Å². The molecule has 5 nitrogen and oxygen atoms in total. The van der Waals surface area contributed by atoms with E-state index in [0.717, 1.165) is 6.42 Å². The van der Waals surface area contributed by atoms with Crippen LogP contribution in [0.3, 0.4) is 0 Å². The largest absolute Gasteiger partial charge is 0.493 e. The van der Waals surface area contributed by atoms with Crippen LogP contribution in [0, 0.1) is 5.41 Å². The minimum absolute atomic E-state index is 0.203. The van der Waals surface area contributed by atoms with Crippen molar-refractivity contribution in [3.63, 3.8) is 0 Å². The van der Waals surface area contributed by atoms with Crippen LogP contribution in [0.5, 0.6) is 5.88 Å². The SMILES string of the molecule is CCCc1c(O)nc(C(N)C(C)(C)C)[nH]c1=O. The van der Waals surface area contributed by atoms with Crippen molar-refractivity contribution in [2.24, 2.45) is 11.1 Å². The van der Waals surface area contributed by atoms with Crippen molar-refractivity contribution in [2.75, 3.05) is 0 Å². The summed E-state index contributed by atoms with van der Waals surface area (Å²) in [6.45, 7) is 7.80. The number of aromatic hydroxyl groups is 1. The summed E-state index contributed by atoms with van der Waals surface area (Å²) in [5.41, 5.74) is 5.80. The van der Waals surface area contributed by atoms with Gasteiger partial charge in [-0.3, -0.25) is 4.79 Å². The lowest BCUT2D eigenvalue weighted by atomic mass is 9.87. The van der Waals surface area contributed by atoms with E-state index in [1.165, 1.54) is 0 Å². The first kappa shape index (κ1) is 13.7. The molecule has 1 unspecified atom stereocenters. The van der Waals surface area contributed by atoms with E-state index < -0.39 is 6.04 Å². The molecule has 0 fully saturated rings. The lowest BCUT2D eigenvalue weighted by Crippen LogP contribution is -2.30. The zero-order valence-corrected chi connectivity index (χ0v) is 10.9. The van der Waals surface area contributed by atoms with Gasteiger partial charge in [0.25, 0.3) is 5.56 Å². The second kappa shape index (κ2) is 4.87. The number of aromatic nitrogens is 2. The van der Waals surface area contributed by atoms with Gasteiger partial charge in [-0.15, -0.1) is 0 Å². The summed E-state index contributed by atoms with van der Waals surface area (Å²) in [5.74, 6) is 0.130. The van der Waals surface area contributed by atoms with Gasteiger partial charge in [-0.25, -0.2) is 0 Å². The topological polar surface area (TPSA) is 92.0 Å². The molecule has 1 rings (SSSR count). The molecule has 0 aliphatic carbocycles. The molecule has 5 heteroatoms. The third-order valence-corrected chi connectivity index (χ3v) is 2.74. The van der Waals surface area contributed by atoms with Crippen LogP contribution in [0.2, 0.25) is 0 Å². The van der Waals surface area contributed by atoms with E-state index in [9.17, 15) is 9.90 Å². The zero-order valence-electron chi connectivity index (χ0n) is 10.9. The Bertz CT molecular complexity index is 446. The zero-order chi connectivity index (χ0) is 13.2. The highest BCUT2D eigenvalue weighted by Crippen LogP contribution is 2.28. The minimum atomic E-state index is -0.420. The summed E-state index contributed by atoms with van der Waals surface area (Å²) in [7, 11) is 0. The Morgan fingerprint density at radius 3 is 2.47 bits per heavy atom. The molecule has 4 N–H and O–H groups in total. The summed E-state index contributed by atoms with van der Waals surface area (Å²) in [6, 6.07) is -0.420. The van der Waals surface area contributed by atoms with Gasteiger partial charge in [-0.1, -0.05) is 34.1 Å². The molecule has 1 heterocycles. The Labute approximate surface area is 101 Å². The fraction of sp³-hybridized carbons (Fsp3) is 0.667. The summed E-state index contributed by atoms with van der Waals surface area (Å²) >= 11 is 0. The first-order valence-electron chi connectivity index (χ1n) is 5.85. The quantitative estimate of drug-likeness (QED) is 0.744. The van der Waals surface area contributed by atoms with E-state index in [4.69, 9.17) is 5.73 Å². The molecule has 1 atom stereocenters. The summed E-state index contributed by atoms with van der Waals surface area (Å²) in [6.07, 6.45) is 1.29. The summed E-state index contributed by atoms with van der Waals surface area (Å²) in [5, 5.41) is 9.73. The number of H-pyrrole nitrogens is 1. The van der Waals surface area contributed by atoms with Crippen molar-refractivity contribution < 1.29 is 5.11 Å². The van der Waals surface area contributed by atoms with Crippen molar-refractivity contribution in [3.05, 3.63) is 21.7 Å². The lowest BCUT2D eigenvalue weighted by molar-refractivity contribution is 0.310. The van der Waals surface area contributed by atoms with E-state index in [0.29, 0.717) is 17.8 Å². The Hall–Kier alpha value is -1.36. The van der Waals surface area contributed by atoms with Gasteiger partial charge in [0, 0.05) is 0 Å². The number of rotatable bonds is 3. The Kier molecular flexibility index (Phi) is 3.93. The highest BCUT2D eigenvalue weighted by Gasteiger charge is 2.25. The number of nitrogens with one attached hydrogen (secondary N) is 1. The van der Waals surface area contributed by atoms with Crippen LogP contribution >= 0.6 is 0 Å². The monoisotopic (exact) mass is 239 g/mol. The molecule has 0 aliphatic heterocycles. The average Bonchev–Trinajstić information content (AvgIpc) is 2.20. The third kappa shape index (κ3) is 3.06. The van der Waals surface area contributed by atoms with E-state index in [1.807, 2.05) is 27.7 Å². The molecule has 0 spiro atoms. The molecule has 1 aromatic heterocycles. The second-order valence-electron chi connectivity index (χ2n) is 5.35. The highest BCUT2D eigenvalue weighted by molar-refractivity contribution is 5.23. The minimum Gasteiger partial charge on any atom is -0.493 e. The number of hydrogen-bond donors (Lipinski definition) is 3. The van der Waals surface area contributed by atoms with Gasteiger partial charge in [0.15, 0.2) is 0 Å². The van der Waals surface area contributed by atoms with E-state index >= 15 is 0 Å². The first-order chi connectivity index (χ1) is 7.77. The molecule has 1 aromatic rings. The second-order valence-corrected chi connectivity index (χ2v) is 5.35. The standard InChI is InChI=1S/C12H21N3O2/c1-5-6-7-10(16)14-9(15-11(7)17)8(13)12(2,3)4/h8H,5-6,13H2,1-4H3,(H2,14,15,16,17). The molecule has 17 heavy (non-hydrogen) atoms. The fourth-order valence-corrected chi connectivity index (χ4v) is 1.54. The summed E-state index contributed by atoms with van der Waals surface area (Å²) < 4.78 is 0. The Morgan fingerprint density at radius 2 is 2.06 bits per heavy atom. The smallest absolute Gasteiger partial charge is 0.257 e. The Morgan fingerprint density at radius 1 is 1.47 bits per heavy atom. The van der Waals surface area contributed by atoms with Gasteiger partial charge in [0.1, 0.15) is 5.82 Å². The lowest BCUT2D eigenvalue weighted by Gasteiger charge is -2.26. The van der Waals surface area contributed by atoms with Gasteiger partial charge in [0.2, 0.25) is 5.88 Å². The van der Waals surface area contributed by atoms with Crippen LogP contribution in [0.15, 0.2) is 4.79 Å². The van der Waals surface area contributed by atoms with Gasteiger partial charge >= 0.3 is 0 Å². The van der Waals surface area contributed by atoms with Crippen LogP contribution in [0.25, 0.3) is 0 Å². The molecular formula is C12H21N3O2. The predicted octanol–water partition coefficient (Wildman–Crippen LogP) is 1.47. The van der Waals surface area contributed by atoms with Crippen molar-refractivity contribution in [3.8, 4) is 5.88 Å². The van der Waals surface area contributed by atoms with Gasteiger partial charge in [-0.05, 0) is 11.8 Å². The summed E-state index contributed by atoms with van der Waals surface area (Å²) in [4.78, 5) is 18.4. The molecule has 0 saturated carbocycles. The first-order valence-corrected chi connectivity index (χ1v) is 5.85. The van der Waals surface area contributed by atoms with E-state index in [2.05, 4.69) is 9.97 Å². The van der Waals surface area contributed by atoms with Crippen LogP contribution < -0.4 is 11.3 Å². The van der Waals surface area contributed by atoms with Crippen LogP contribution in [0.1, 0.15) is 51.5 Å². The van der Waals surface area contributed by atoms with Crippen LogP contribution in [-0.2, 0) is 6.42 Å². The van der Waals surface area contributed by atoms with Crippen LogP contribution in [0.4, 0.5) is 0 Å². The predicted molar refractivity (Wildman–Crippen MR) is 66.9 cm³/mol. The maximum absolute atomic E-state index is 11.8. The number of hydrogen-bond acceptors (Lipinski definition) is 4. The normalized spacial score (nSPS) is 13.7.